The van der Waals surface area contributed by atoms with Crippen molar-refractivity contribution in [2.45, 2.75) is 0 Å². The Kier molecular flexibility index (Phi) is 2.37. The zero-order valence-electron chi connectivity index (χ0n) is 6.69. The van der Waals surface area contributed by atoms with E-state index in [4.69, 9.17) is 4.74 Å². The fraction of sp³-hybridized carbons (Fsp3) is 0.200. The van der Waals surface area contributed by atoms with Crippen molar-refractivity contribution in [2.24, 2.45) is 0 Å². The Morgan fingerprint density at radius 3 is 2.67 bits per heavy atom. The summed E-state index contributed by atoms with van der Waals surface area (Å²) in [7, 11) is 0. The first-order chi connectivity index (χ1) is 5.97. The van der Waals surface area contributed by atoms with E-state index in [2.05, 4.69) is 17.5 Å². The molecule has 0 aromatic heterocycles. The van der Waals surface area contributed by atoms with E-state index in [-0.39, 0.29) is 0 Å². The van der Waals surface area contributed by atoms with E-state index >= 15 is 0 Å². The SMILES string of the molecule is C1=C(c2ccccc2)OCCS1. The normalized spacial score (nSPS) is 16.5. The van der Waals surface area contributed by atoms with Crippen molar-refractivity contribution in [1.82, 2.24) is 0 Å². The fourth-order valence-electron chi connectivity index (χ4n) is 1.12. The molecule has 1 aliphatic heterocycles. The highest BCUT2D eigenvalue weighted by Crippen LogP contribution is 2.23. The number of ether oxygens (including phenoxy) is 1. The lowest BCUT2D eigenvalue weighted by atomic mass is 10.2. The smallest absolute Gasteiger partial charge is 0.132 e. The molecule has 1 aliphatic rings. The molecule has 1 aromatic rings. The quantitative estimate of drug-likeness (QED) is 0.654. The van der Waals surface area contributed by atoms with Gasteiger partial charge in [-0.1, -0.05) is 30.3 Å². The molecule has 0 bridgehead atoms. The third-order valence-corrected chi connectivity index (χ3v) is 2.49. The first kappa shape index (κ1) is 7.74. The molecule has 0 aliphatic carbocycles. The molecule has 0 unspecified atom stereocenters. The van der Waals surface area contributed by atoms with Gasteiger partial charge in [-0.15, -0.1) is 11.8 Å². The molecule has 1 aromatic carbocycles. The van der Waals surface area contributed by atoms with E-state index in [1.165, 1.54) is 5.56 Å². The highest BCUT2D eigenvalue weighted by molar-refractivity contribution is 8.02. The van der Waals surface area contributed by atoms with Gasteiger partial charge in [0.15, 0.2) is 0 Å². The van der Waals surface area contributed by atoms with Crippen LogP contribution in [0, 0.1) is 0 Å². The second-order valence-corrected chi connectivity index (χ2v) is 3.54. The van der Waals surface area contributed by atoms with Crippen molar-refractivity contribution in [3.63, 3.8) is 0 Å². The predicted octanol–water partition coefficient (Wildman–Crippen LogP) is 2.75. The van der Waals surface area contributed by atoms with Gasteiger partial charge in [0.25, 0.3) is 0 Å². The van der Waals surface area contributed by atoms with Gasteiger partial charge in [0.05, 0.1) is 6.61 Å². The molecule has 0 saturated heterocycles. The van der Waals surface area contributed by atoms with Crippen LogP contribution in [0.1, 0.15) is 5.56 Å². The molecular weight excluding hydrogens is 168 g/mol. The maximum Gasteiger partial charge on any atom is 0.132 e. The molecule has 2 rings (SSSR count). The standard InChI is InChI=1S/C10H10OS/c1-2-4-9(5-3-1)10-8-12-7-6-11-10/h1-5,8H,6-7H2. The molecule has 1 nitrogen and oxygen atoms in total. The van der Waals surface area contributed by atoms with E-state index in [1.54, 1.807) is 0 Å². The summed E-state index contributed by atoms with van der Waals surface area (Å²) in [6, 6.07) is 10.2. The Labute approximate surface area is 76.4 Å². The van der Waals surface area contributed by atoms with Crippen molar-refractivity contribution in [1.29, 1.82) is 0 Å². The predicted molar refractivity (Wildman–Crippen MR) is 52.8 cm³/mol. The molecule has 0 radical (unpaired) electrons. The minimum absolute atomic E-state index is 0.825. The average Bonchev–Trinajstić information content (AvgIpc) is 2.21. The monoisotopic (exact) mass is 178 g/mol. The Morgan fingerprint density at radius 1 is 1.17 bits per heavy atom. The summed E-state index contributed by atoms with van der Waals surface area (Å²) in [5.41, 5.74) is 1.17. The lowest BCUT2D eigenvalue weighted by molar-refractivity contribution is 0.299. The van der Waals surface area contributed by atoms with Crippen LogP contribution in [0.2, 0.25) is 0 Å². The summed E-state index contributed by atoms with van der Waals surface area (Å²) in [5, 5.41) is 2.08. The largest absolute Gasteiger partial charge is 0.492 e. The number of hydrogen-bond acceptors (Lipinski definition) is 2. The molecule has 0 spiro atoms. The fourth-order valence-corrected chi connectivity index (χ4v) is 1.78. The van der Waals surface area contributed by atoms with Gasteiger partial charge in [-0.3, -0.25) is 0 Å². The van der Waals surface area contributed by atoms with Gasteiger partial charge in [0, 0.05) is 16.7 Å². The van der Waals surface area contributed by atoms with Gasteiger partial charge >= 0.3 is 0 Å². The Hall–Kier alpha value is -0.890. The number of hydrogen-bond donors (Lipinski definition) is 0. The van der Waals surface area contributed by atoms with Gasteiger partial charge in [-0.05, 0) is 0 Å². The van der Waals surface area contributed by atoms with Crippen LogP contribution in [-0.4, -0.2) is 12.4 Å². The highest BCUT2D eigenvalue weighted by Gasteiger charge is 2.05. The van der Waals surface area contributed by atoms with Gasteiger partial charge in [-0.2, -0.15) is 0 Å². The van der Waals surface area contributed by atoms with Crippen LogP contribution in [0.25, 0.3) is 5.76 Å². The molecule has 0 fully saturated rings. The second kappa shape index (κ2) is 3.68. The van der Waals surface area contributed by atoms with Crippen LogP contribution in [-0.2, 0) is 4.74 Å². The van der Waals surface area contributed by atoms with Crippen molar-refractivity contribution in [2.75, 3.05) is 12.4 Å². The van der Waals surface area contributed by atoms with E-state index < -0.39 is 0 Å². The van der Waals surface area contributed by atoms with E-state index in [0.29, 0.717) is 0 Å². The van der Waals surface area contributed by atoms with E-state index in [0.717, 1.165) is 18.1 Å². The summed E-state index contributed by atoms with van der Waals surface area (Å²) in [6.45, 7) is 0.825. The lowest BCUT2D eigenvalue weighted by Crippen LogP contribution is -2.00. The van der Waals surface area contributed by atoms with Crippen LogP contribution < -0.4 is 0 Å². The Bertz CT molecular complexity index is 279. The highest BCUT2D eigenvalue weighted by atomic mass is 32.2. The summed E-state index contributed by atoms with van der Waals surface area (Å²) in [6.07, 6.45) is 0. The van der Waals surface area contributed by atoms with Crippen molar-refractivity contribution >= 4 is 17.5 Å². The van der Waals surface area contributed by atoms with Crippen LogP contribution in [0.4, 0.5) is 0 Å². The van der Waals surface area contributed by atoms with Gasteiger partial charge in [0.1, 0.15) is 5.76 Å². The van der Waals surface area contributed by atoms with Crippen molar-refractivity contribution in [3.05, 3.63) is 41.3 Å². The summed E-state index contributed by atoms with van der Waals surface area (Å²) < 4.78 is 5.50. The van der Waals surface area contributed by atoms with Crippen LogP contribution >= 0.6 is 11.8 Å². The molecule has 0 saturated carbocycles. The molecule has 2 heteroatoms. The molecule has 0 atom stereocenters. The third-order valence-electron chi connectivity index (χ3n) is 1.71. The van der Waals surface area contributed by atoms with Crippen molar-refractivity contribution in [3.8, 4) is 0 Å². The number of benzene rings is 1. The third kappa shape index (κ3) is 1.64. The second-order valence-electron chi connectivity index (χ2n) is 2.57. The van der Waals surface area contributed by atoms with Gasteiger partial charge in [-0.25, -0.2) is 0 Å². The molecule has 0 N–H and O–H groups in total. The van der Waals surface area contributed by atoms with Crippen LogP contribution in [0.15, 0.2) is 35.7 Å². The minimum atomic E-state index is 0.825. The van der Waals surface area contributed by atoms with Gasteiger partial charge < -0.3 is 4.74 Å². The molecule has 62 valence electrons. The first-order valence-electron chi connectivity index (χ1n) is 3.97. The summed E-state index contributed by atoms with van der Waals surface area (Å²) >= 11 is 1.81. The van der Waals surface area contributed by atoms with E-state index in [1.807, 2.05) is 30.0 Å². The van der Waals surface area contributed by atoms with Crippen molar-refractivity contribution < 1.29 is 4.74 Å². The zero-order valence-corrected chi connectivity index (χ0v) is 7.51. The van der Waals surface area contributed by atoms with Crippen LogP contribution in [0.5, 0.6) is 0 Å². The molecular formula is C10H10OS. The zero-order chi connectivity index (χ0) is 8.23. The number of thioether (sulfide) groups is 1. The maximum atomic E-state index is 5.50. The van der Waals surface area contributed by atoms with Crippen LogP contribution in [0.3, 0.4) is 0 Å². The Balaban J connectivity index is 2.24. The summed E-state index contributed by atoms with van der Waals surface area (Å²) in [4.78, 5) is 0. The average molecular weight is 178 g/mol. The minimum Gasteiger partial charge on any atom is -0.492 e. The molecule has 12 heavy (non-hydrogen) atoms. The Morgan fingerprint density at radius 2 is 2.00 bits per heavy atom. The summed E-state index contributed by atoms with van der Waals surface area (Å²) in [5.74, 6) is 2.07. The molecule has 1 heterocycles. The van der Waals surface area contributed by atoms with Gasteiger partial charge in [0.2, 0.25) is 0 Å². The lowest BCUT2D eigenvalue weighted by Gasteiger charge is -2.14. The molecule has 0 amide bonds. The maximum absolute atomic E-state index is 5.50. The van der Waals surface area contributed by atoms with E-state index in [9.17, 15) is 0 Å². The first-order valence-corrected chi connectivity index (χ1v) is 5.02. The number of rotatable bonds is 1. The topological polar surface area (TPSA) is 9.23 Å².